The van der Waals surface area contributed by atoms with E-state index in [1.807, 2.05) is 16.7 Å². The molecular weight excluding hydrogens is 365 g/mol. The molecule has 104 valence electrons. The van der Waals surface area contributed by atoms with Gasteiger partial charge in [-0.1, -0.05) is 11.6 Å². The van der Waals surface area contributed by atoms with Crippen molar-refractivity contribution in [1.29, 1.82) is 0 Å². The highest BCUT2D eigenvalue weighted by atomic mass is 79.9. The first kappa shape index (κ1) is 13.9. The van der Waals surface area contributed by atoms with Crippen molar-refractivity contribution in [1.82, 2.24) is 9.55 Å². The first-order valence-corrected chi connectivity index (χ1v) is 7.88. The van der Waals surface area contributed by atoms with E-state index in [4.69, 9.17) is 17.3 Å². The molecule has 0 bridgehead atoms. The standard InChI is InChI=1S/C13H10BrClFN3S/c14-8-5-10-11(6-9(8)16)19(13(17)18-10)4-3-7-1-2-12(15)20-7/h1-2,5-6H,3-4H2,(H2,17,18). The number of benzene rings is 1. The van der Waals surface area contributed by atoms with E-state index in [2.05, 4.69) is 20.9 Å². The maximum absolute atomic E-state index is 13.7. The van der Waals surface area contributed by atoms with Crippen LogP contribution in [0.4, 0.5) is 10.3 Å². The first-order valence-electron chi connectivity index (χ1n) is 5.89. The van der Waals surface area contributed by atoms with Crippen molar-refractivity contribution in [2.45, 2.75) is 13.0 Å². The lowest BCUT2D eigenvalue weighted by Gasteiger charge is -2.05. The van der Waals surface area contributed by atoms with Crippen molar-refractivity contribution in [3.63, 3.8) is 0 Å². The number of aryl methyl sites for hydroxylation is 2. The number of nitrogens with zero attached hydrogens (tertiary/aromatic N) is 2. The Morgan fingerprint density at radius 3 is 2.90 bits per heavy atom. The predicted octanol–water partition coefficient (Wildman–Crippen LogP) is 4.48. The number of hydrogen-bond donors (Lipinski definition) is 1. The summed E-state index contributed by atoms with van der Waals surface area (Å²) in [6, 6.07) is 6.94. The van der Waals surface area contributed by atoms with Gasteiger partial charge in [-0.15, -0.1) is 11.3 Å². The largest absolute Gasteiger partial charge is 0.369 e. The fourth-order valence-electron chi connectivity index (χ4n) is 2.08. The van der Waals surface area contributed by atoms with Gasteiger partial charge in [-0.3, -0.25) is 0 Å². The van der Waals surface area contributed by atoms with Gasteiger partial charge in [-0.05, 0) is 40.5 Å². The molecule has 7 heteroatoms. The second kappa shape index (κ2) is 5.35. The first-order chi connectivity index (χ1) is 9.54. The summed E-state index contributed by atoms with van der Waals surface area (Å²) >= 11 is 10.6. The Kier molecular flexibility index (Phi) is 3.70. The molecule has 2 N–H and O–H groups in total. The normalized spacial score (nSPS) is 11.3. The number of rotatable bonds is 3. The number of nitrogen functional groups attached to an aromatic ring is 1. The number of anilines is 1. The molecule has 3 rings (SSSR count). The third-order valence-electron chi connectivity index (χ3n) is 3.03. The van der Waals surface area contributed by atoms with Crippen molar-refractivity contribution < 1.29 is 4.39 Å². The van der Waals surface area contributed by atoms with Gasteiger partial charge in [0.05, 0.1) is 19.8 Å². The fraction of sp³-hybridized carbons (Fsp3) is 0.154. The summed E-state index contributed by atoms with van der Waals surface area (Å²) in [5.74, 6) is 0.0676. The van der Waals surface area contributed by atoms with Crippen molar-refractivity contribution in [3.05, 3.63) is 43.8 Å². The van der Waals surface area contributed by atoms with Crippen LogP contribution in [-0.2, 0) is 13.0 Å². The van der Waals surface area contributed by atoms with Crippen LogP contribution in [0.1, 0.15) is 4.88 Å². The van der Waals surface area contributed by atoms with Crippen LogP contribution in [0.15, 0.2) is 28.7 Å². The molecule has 0 spiro atoms. The van der Waals surface area contributed by atoms with E-state index in [0.29, 0.717) is 28.0 Å². The van der Waals surface area contributed by atoms with Gasteiger partial charge < -0.3 is 10.3 Å². The average Bonchev–Trinajstić information content (AvgIpc) is 2.92. The van der Waals surface area contributed by atoms with Crippen LogP contribution in [-0.4, -0.2) is 9.55 Å². The van der Waals surface area contributed by atoms with Crippen LogP contribution in [0.5, 0.6) is 0 Å². The van der Waals surface area contributed by atoms with Gasteiger partial charge in [0.2, 0.25) is 5.95 Å². The Labute approximate surface area is 132 Å². The number of aromatic nitrogens is 2. The summed E-state index contributed by atoms with van der Waals surface area (Å²) in [6.45, 7) is 0.639. The zero-order chi connectivity index (χ0) is 14.3. The molecule has 0 amide bonds. The van der Waals surface area contributed by atoms with Gasteiger partial charge in [-0.2, -0.15) is 0 Å². The highest BCUT2D eigenvalue weighted by Gasteiger charge is 2.12. The van der Waals surface area contributed by atoms with E-state index in [0.717, 1.165) is 15.6 Å². The minimum absolute atomic E-state index is 0.321. The quantitative estimate of drug-likeness (QED) is 0.734. The van der Waals surface area contributed by atoms with E-state index < -0.39 is 0 Å². The molecular formula is C13H10BrClFN3S. The number of thiophene rings is 1. The smallest absolute Gasteiger partial charge is 0.201 e. The van der Waals surface area contributed by atoms with E-state index in [9.17, 15) is 4.39 Å². The maximum atomic E-state index is 13.7. The summed E-state index contributed by atoms with van der Waals surface area (Å²) in [6.07, 6.45) is 0.782. The summed E-state index contributed by atoms with van der Waals surface area (Å²) < 4.78 is 16.6. The molecule has 0 saturated carbocycles. The fourth-order valence-corrected chi connectivity index (χ4v) is 3.49. The second-order valence-corrected chi connectivity index (χ2v) is 6.99. The molecule has 0 atom stereocenters. The van der Waals surface area contributed by atoms with Crippen LogP contribution in [0.25, 0.3) is 11.0 Å². The van der Waals surface area contributed by atoms with Crippen LogP contribution in [0, 0.1) is 5.82 Å². The Morgan fingerprint density at radius 1 is 1.40 bits per heavy atom. The Morgan fingerprint density at radius 2 is 2.20 bits per heavy atom. The molecule has 1 aromatic carbocycles. The summed E-state index contributed by atoms with van der Waals surface area (Å²) in [5.41, 5.74) is 7.29. The maximum Gasteiger partial charge on any atom is 0.201 e. The van der Waals surface area contributed by atoms with E-state index >= 15 is 0 Å². The highest BCUT2D eigenvalue weighted by molar-refractivity contribution is 9.10. The zero-order valence-corrected chi connectivity index (χ0v) is 13.4. The summed E-state index contributed by atoms with van der Waals surface area (Å²) in [5, 5.41) is 0. The lowest BCUT2D eigenvalue weighted by atomic mass is 10.3. The van der Waals surface area contributed by atoms with E-state index in [1.165, 1.54) is 17.4 Å². The third-order valence-corrected chi connectivity index (χ3v) is 4.93. The monoisotopic (exact) mass is 373 g/mol. The lowest BCUT2D eigenvalue weighted by molar-refractivity contribution is 0.621. The number of imidazole rings is 1. The third kappa shape index (κ3) is 2.55. The summed E-state index contributed by atoms with van der Waals surface area (Å²) in [7, 11) is 0. The molecule has 0 saturated heterocycles. The number of nitrogens with two attached hydrogens (primary N) is 1. The van der Waals surface area contributed by atoms with Gasteiger partial charge in [0.25, 0.3) is 0 Å². The van der Waals surface area contributed by atoms with Gasteiger partial charge in [-0.25, -0.2) is 9.37 Å². The van der Waals surface area contributed by atoms with Crippen LogP contribution in [0.3, 0.4) is 0 Å². The van der Waals surface area contributed by atoms with Crippen molar-refractivity contribution in [3.8, 4) is 0 Å². The van der Waals surface area contributed by atoms with E-state index in [-0.39, 0.29) is 5.82 Å². The molecule has 3 aromatic rings. The Bertz CT molecular complexity index is 783. The predicted molar refractivity (Wildman–Crippen MR) is 84.8 cm³/mol. The van der Waals surface area contributed by atoms with Crippen LogP contribution < -0.4 is 5.73 Å². The molecule has 3 nitrogen and oxygen atoms in total. The van der Waals surface area contributed by atoms with Crippen molar-refractivity contribution in [2.75, 3.05) is 5.73 Å². The van der Waals surface area contributed by atoms with E-state index in [1.54, 1.807) is 6.07 Å². The average molecular weight is 375 g/mol. The molecule has 0 aliphatic carbocycles. The molecule has 20 heavy (non-hydrogen) atoms. The topological polar surface area (TPSA) is 43.8 Å². The number of fused-ring (bicyclic) bond motifs is 1. The molecule has 0 unspecified atom stereocenters. The SMILES string of the molecule is Nc1nc2cc(Br)c(F)cc2n1CCc1ccc(Cl)s1. The van der Waals surface area contributed by atoms with Gasteiger partial charge in [0.15, 0.2) is 0 Å². The molecule has 0 aliphatic heterocycles. The van der Waals surface area contributed by atoms with Gasteiger partial charge in [0.1, 0.15) is 5.82 Å². The molecule has 0 radical (unpaired) electrons. The minimum atomic E-state index is -0.321. The van der Waals surface area contributed by atoms with Crippen molar-refractivity contribution in [2.24, 2.45) is 0 Å². The van der Waals surface area contributed by atoms with Crippen molar-refractivity contribution >= 4 is 55.8 Å². The second-order valence-electron chi connectivity index (χ2n) is 4.33. The number of hydrogen-bond acceptors (Lipinski definition) is 3. The number of halogens is 3. The molecule has 0 fully saturated rings. The van der Waals surface area contributed by atoms with Crippen LogP contribution >= 0.6 is 38.9 Å². The van der Waals surface area contributed by atoms with Gasteiger partial charge >= 0.3 is 0 Å². The lowest BCUT2D eigenvalue weighted by Crippen LogP contribution is -2.05. The highest BCUT2D eigenvalue weighted by Crippen LogP contribution is 2.26. The van der Waals surface area contributed by atoms with Crippen LogP contribution in [0.2, 0.25) is 4.34 Å². The molecule has 0 aliphatic rings. The van der Waals surface area contributed by atoms with Gasteiger partial charge in [0, 0.05) is 17.5 Å². The summed E-state index contributed by atoms with van der Waals surface area (Å²) in [4.78, 5) is 5.41. The molecule has 2 heterocycles. The zero-order valence-electron chi connectivity index (χ0n) is 10.2. The Hall–Kier alpha value is -1.11. The minimum Gasteiger partial charge on any atom is -0.369 e. The molecule has 2 aromatic heterocycles. The Balaban J connectivity index is 1.94.